The zero-order chi connectivity index (χ0) is 29.3. The van der Waals surface area contributed by atoms with Gasteiger partial charge in [0.25, 0.3) is 10.0 Å². The fourth-order valence-electron chi connectivity index (χ4n) is 3.96. The summed E-state index contributed by atoms with van der Waals surface area (Å²) in [6, 6.07) is 18.9. The SMILES string of the molecule is CCOc1ccc(S(=O)(=O)N(CC(=O)N(Cc2ccc(F)cc2)[C@H](C)C(=O)N[C@H](C)CC)c2ccccc2)cc1. The van der Waals surface area contributed by atoms with Crippen molar-refractivity contribution in [3.63, 3.8) is 0 Å². The third-order valence-corrected chi connectivity index (χ3v) is 8.27. The number of rotatable bonds is 13. The maximum Gasteiger partial charge on any atom is 0.264 e. The van der Waals surface area contributed by atoms with E-state index in [0.717, 1.165) is 4.31 Å². The highest BCUT2D eigenvalue weighted by Crippen LogP contribution is 2.26. The second kappa shape index (κ2) is 13.9. The fraction of sp³-hybridized carbons (Fsp3) is 0.333. The van der Waals surface area contributed by atoms with Gasteiger partial charge in [-0.05, 0) is 81.3 Å². The predicted molar refractivity (Wildman–Crippen MR) is 153 cm³/mol. The van der Waals surface area contributed by atoms with Gasteiger partial charge in [0.15, 0.2) is 0 Å². The lowest BCUT2D eigenvalue weighted by molar-refractivity contribution is -0.139. The van der Waals surface area contributed by atoms with Gasteiger partial charge < -0.3 is 15.0 Å². The Bertz CT molecular complexity index is 1370. The van der Waals surface area contributed by atoms with Crippen LogP contribution in [-0.4, -0.2) is 50.4 Å². The first-order valence-electron chi connectivity index (χ1n) is 13.2. The third kappa shape index (κ3) is 7.81. The Balaban J connectivity index is 1.98. The zero-order valence-corrected chi connectivity index (χ0v) is 24.0. The Morgan fingerprint density at radius 3 is 2.12 bits per heavy atom. The molecule has 0 unspecified atom stereocenters. The van der Waals surface area contributed by atoms with Gasteiger partial charge in [-0.15, -0.1) is 0 Å². The fourth-order valence-corrected chi connectivity index (χ4v) is 5.37. The summed E-state index contributed by atoms with van der Waals surface area (Å²) in [4.78, 5) is 28.2. The van der Waals surface area contributed by atoms with Crippen molar-refractivity contribution < 1.29 is 27.1 Å². The standard InChI is InChI=1S/C30H36FN3O5S/c1-5-22(3)32-30(36)23(4)33(20-24-12-14-25(31)15-13-24)29(35)21-34(26-10-8-7-9-11-26)40(37,38)28-18-16-27(17-19-28)39-6-2/h7-19,22-23H,5-6,20-21H2,1-4H3,(H,32,36)/t22-,23-/m1/s1. The molecular formula is C30H36FN3O5S. The number of carbonyl (C=O) groups is 2. The highest BCUT2D eigenvalue weighted by Gasteiger charge is 2.32. The molecule has 3 aromatic rings. The van der Waals surface area contributed by atoms with E-state index in [9.17, 15) is 22.4 Å². The highest BCUT2D eigenvalue weighted by molar-refractivity contribution is 7.92. The predicted octanol–water partition coefficient (Wildman–Crippen LogP) is 4.75. The van der Waals surface area contributed by atoms with E-state index in [4.69, 9.17) is 4.74 Å². The number of hydrogen-bond acceptors (Lipinski definition) is 5. The van der Waals surface area contributed by atoms with Gasteiger partial charge in [0.2, 0.25) is 11.8 Å². The van der Waals surface area contributed by atoms with Crippen LogP contribution >= 0.6 is 0 Å². The summed E-state index contributed by atoms with van der Waals surface area (Å²) >= 11 is 0. The van der Waals surface area contributed by atoms with Gasteiger partial charge in [-0.3, -0.25) is 13.9 Å². The number of anilines is 1. The van der Waals surface area contributed by atoms with Crippen molar-refractivity contribution in [2.75, 3.05) is 17.5 Å². The van der Waals surface area contributed by atoms with E-state index in [-0.39, 0.29) is 23.4 Å². The Kier molecular flexibility index (Phi) is 10.7. The number of sulfonamides is 1. The normalized spacial score (nSPS) is 12.7. The van der Waals surface area contributed by atoms with Crippen LogP contribution in [0.3, 0.4) is 0 Å². The molecule has 2 amide bonds. The molecule has 40 heavy (non-hydrogen) atoms. The maximum absolute atomic E-state index is 13.9. The molecule has 3 aromatic carbocycles. The molecule has 0 aliphatic carbocycles. The van der Waals surface area contributed by atoms with Gasteiger partial charge in [0.05, 0.1) is 17.2 Å². The monoisotopic (exact) mass is 569 g/mol. The summed E-state index contributed by atoms with van der Waals surface area (Å²) in [6.07, 6.45) is 0.701. The van der Waals surface area contributed by atoms with E-state index in [1.807, 2.05) is 20.8 Å². The maximum atomic E-state index is 13.9. The Morgan fingerprint density at radius 2 is 1.55 bits per heavy atom. The van der Waals surface area contributed by atoms with Crippen molar-refractivity contribution in [1.82, 2.24) is 10.2 Å². The number of ether oxygens (including phenoxy) is 1. The Hall–Kier alpha value is -3.92. The lowest BCUT2D eigenvalue weighted by atomic mass is 10.1. The van der Waals surface area contributed by atoms with Crippen molar-refractivity contribution >= 4 is 27.5 Å². The van der Waals surface area contributed by atoms with Crippen LogP contribution in [0.4, 0.5) is 10.1 Å². The van der Waals surface area contributed by atoms with E-state index in [2.05, 4.69) is 5.32 Å². The molecular weight excluding hydrogens is 533 g/mol. The van der Waals surface area contributed by atoms with E-state index < -0.39 is 34.3 Å². The molecule has 0 radical (unpaired) electrons. The van der Waals surface area contributed by atoms with Crippen molar-refractivity contribution in [3.05, 3.63) is 90.2 Å². The van der Waals surface area contributed by atoms with Crippen molar-refractivity contribution in [2.24, 2.45) is 0 Å². The van der Waals surface area contributed by atoms with Crippen LogP contribution in [0, 0.1) is 5.82 Å². The molecule has 0 aliphatic rings. The molecule has 0 aromatic heterocycles. The smallest absolute Gasteiger partial charge is 0.264 e. The van der Waals surface area contributed by atoms with Gasteiger partial charge in [0, 0.05) is 12.6 Å². The van der Waals surface area contributed by atoms with Gasteiger partial charge in [-0.25, -0.2) is 12.8 Å². The first-order valence-corrected chi connectivity index (χ1v) is 14.7. The topological polar surface area (TPSA) is 96.0 Å². The van der Waals surface area contributed by atoms with E-state index in [0.29, 0.717) is 30.0 Å². The molecule has 214 valence electrons. The minimum atomic E-state index is -4.18. The molecule has 0 aliphatic heterocycles. The van der Waals surface area contributed by atoms with Gasteiger partial charge in [0.1, 0.15) is 24.2 Å². The average Bonchev–Trinajstić information content (AvgIpc) is 2.95. The third-order valence-electron chi connectivity index (χ3n) is 6.48. The molecule has 0 spiro atoms. The van der Waals surface area contributed by atoms with Crippen molar-refractivity contribution in [3.8, 4) is 5.75 Å². The summed E-state index contributed by atoms with van der Waals surface area (Å²) < 4.78 is 47.7. The lowest BCUT2D eigenvalue weighted by Crippen LogP contribution is -2.52. The number of amides is 2. The molecule has 0 fully saturated rings. The highest BCUT2D eigenvalue weighted by atomic mass is 32.2. The van der Waals surface area contributed by atoms with Crippen molar-refractivity contribution in [2.45, 2.75) is 57.6 Å². The summed E-state index contributed by atoms with van der Waals surface area (Å²) in [5.74, 6) is -0.865. The number of benzene rings is 3. The first-order chi connectivity index (χ1) is 19.1. The minimum Gasteiger partial charge on any atom is -0.494 e. The van der Waals surface area contributed by atoms with E-state index in [1.165, 1.54) is 41.3 Å². The molecule has 10 heteroatoms. The Labute approximate surface area is 235 Å². The second-order valence-electron chi connectivity index (χ2n) is 9.39. The van der Waals surface area contributed by atoms with Crippen LogP contribution in [0.2, 0.25) is 0 Å². The van der Waals surface area contributed by atoms with Crippen LogP contribution in [0.5, 0.6) is 5.75 Å². The van der Waals surface area contributed by atoms with Crippen LogP contribution in [-0.2, 0) is 26.2 Å². The average molecular weight is 570 g/mol. The van der Waals surface area contributed by atoms with Crippen LogP contribution in [0.25, 0.3) is 0 Å². The number of nitrogens with one attached hydrogen (secondary N) is 1. The second-order valence-corrected chi connectivity index (χ2v) is 11.3. The number of para-hydroxylation sites is 1. The molecule has 3 rings (SSSR count). The van der Waals surface area contributed by atoms with Crippen LogP contribution < -0.4 is 14.4 Å². The quantitative estimate of drug-likeness (QED) is 0.321. The van der Waals surface area contributed by atoms with Crippen molar-refractivity contribution in [1.29, 1.82) is 0 Å². The largest absolute Gasteiger partial charge is 0.494 e. The minimum absolute atomic E-state index is 0.0137. The molecule has 0 heterocycles. The number of halogens is 1. The number of hydrogen-bond donors (Lipinski definition) is 1. The molecule has 0 bridgehead atoms. The summed E-state index contributed by atoms with van der Waals surface area (Å²) in [5, 5.41) is 2.88. The van der Waals surface area contributed by atoms with Crippen LogP contribution in [0.15, 0.2) is 83.8 Å². The zero-order valence-electron chi connectivity index (χ0n) is 23.2. The molecule has 0 saturated carbocycles. The first kappa shape index (κ1) is 30.6. The van der Waals surface area contributed by atoms with Gasteiger partial charge in [-0.2, -0.15) is 0 Å². The summed E-state index contributed by atoms with van der Waals surface area (Å²) in [5.41, 5.74) is 0.891. The van der Waals surface area contributed by atoms with Gasteiger partial charge in [-0.1, -0.05) is 37.3 Å². The van der Waals surface area contributed by atoms with E-state index >= 15 is 0 Å². The van der Waals surface area contributed by atoms with E-state index in [1.54, 1.807) is 49.4 Å². The number of carbonyl (C=O) groups excluding carboxylic acids is 2. The molecule has 8 nitrogen and oxygen atoms in total. The Morgan fingerprint density at radius 1 is 0.925 bits per heavy atom. The molecule has 1 N–H and O–H groups in total. The van der Waals surface area contributed by atoms with Crippen LogP contribution in [0.1, 0.15) is 39.7 Å². The molecule has 0 saturated heterocycles. The number of nitrogens with zero attached hydrogens (tertiary/aromatic N) is 2. The summed E-state index contributed by atoms with van der Waals surface area (Å²) in [7, 11) is -4.18. The summed E-state index contributed by atoms with van der Waals surface area (Å²) in [6.45, 7) is 7.07. The lowest BCUT2D eigenvalue weighted by Gasteiger charge is -2.32. The molecule has 2 atom stereocenters. The van der Waals surface area contributed by atoms with Gasteiger partial charge >= 0.3 is 0 Å².